The summed E-state index contributed by atoms with van der Waals surface area (Å²) in [5, 5.41) is 5.71. The smallest absolute Gasteiger partial charge is 0.0386 e. The molecule has 92 valence electrons. The van der Waals surface area contributed by atoms with Gasteiger partial charge in [-0.3, -0.25) is 0 Å². The molecule has 3 heteroatoms. The highest BCUT2D eigenvalue weighted by molar-refractivity contribution is 7.99. The van der Waals surface area contributed by atoms with Crippen molar-refractivity contribution in [1.82, 2.24) is 5.32 Å². The quantitative estimate of drug-likeness (QED) is 0.701. The standard InChI is InChI=1S/C13H23NS2/c1-4-11(2)10-15-9-7-14-12(3)13-6-5-8-16-13/h5-6,8,11-12,14H,4,7,9-10H2,1-3H3. The van der Waals surface area contributed by atoms with E-state index < -0.39 is 0 Å². The van der Waals surface area contributed by atoms with E-state index in [1.807, 2.05) is 11.3 Å². The van der Waals surface area contributed by atoms with Gasteiger partial charge in [0.15, 0.2) is 0 Å². The Morgan fingerprint density at radius 1 is 1.44 bits per heavy atom. The van der Waals surface area contributed by atoms with Crippen LogP contribution in [0.15, 0.2) is 17.5 Å². The molecule has 0 aliphatic carbocycles. The van der Waals surface area contributed by atoms with Crippen LogP contribution in [0.4, 0.5) is 0 Å². The van der Waals surface area contributed by atoms with Crippen molar-refractivity contribution in [2.75, 3.05) is 18.1 Å². The minimum Gasteiger partial charge on any atom is -0.309 e. The van der Waals surface area contributed by atoms with E-state index in [0.717, 1.165) is 12.5 Å². The van der Waals surface area contributed by atoms with Crippen LogP contribution in [0.5, 0.6) is 0 Å². The topological polar surface area (TPSA) is 12.0 Å². The van der Waals surface area contributed by atoms with E-state index in [2.05, 4.69) is 55.4 Å². The second kappa shape index (κ2) is 8.15. The molecule has 1 aromatic rings. The Balaban J connectivity index is 2.03. The summed E-state index contributed by atoms with van der Waals surface area (Å²) in [7, 11) is 0. The largest absolute Gasteiger partial charge is 0.309 e. The predicted octanol–water partition coefficient (Wildman–Crippen LogP) is 4.18. The van der Waals surface area contributed by atoms with E-state index in [9.17, 15) is 0 Å². The molecule has 0 saturated heterocycles. The summed E-state index contributed by atoms with van der Waals surface area (Å²) < 4.78 is 0. The number of thiophene rings is 1. The van der Waals surface area contributed by atoms with E-state index in [0.29, 0.717) is 6.04 Å². The van der Waals surface area contributed by atoms with Crippen LogP contribution in [-0.4, -0.2) is 18.1 Å². The first-order valence-corrected chi connectivity index (χ1v) is 8.12. The van der Waals surface area contributed by atoms with Gasteiger partial charge in [-0.1, -0.05) is 26.3 Å². The van der Waals surface area contributed by atoms with Gasteiger partial charge < -0.3 is 5.32 Å². The summed E-state index contributed by atoms with van der Waals surface area (Å²) >= 11 is 3.90. The van der Waals surface area contributed by atoms with E-state index in [-0.39, 0.29) is 0 Å². The third kappa shape index (κ3) is 5.37. The zero-order valence-corrected chi connectivity index (χ0v) is 12.2. The molecule has 0 amide bonds. The van der Waals surface area contributed by atoms with Crippen molar-refractivity contribution in [3.05, 3.63) is 22.4 Å². The lowest BCUT2D eigenvalue weighted by molar-refractivity contribution is 0.608. The third-order valence-electron chi connectivity index (χ3n) is 2.77. The molecular weight excluding hydrogens is 234 g/mol. The first-order chi connectivity index (χ1) is 7.74. The molecule has 0 fully saturated rings. The Hall–Kier alpha value is 0.01000. The molecule has 1 heterocycles. The average molecular weight is 257 g/mol. The lowest BCUT2D eigenvalue weighted by Gasteiger charge is -2.12. The van der Waals surface area contributed by atoms with Crippen LogP contribution in [0, 0.1) is 5.92 Å². The zero-order chi connectivity index (χ0) is 11.8. The van der Waals surface area contributed by atoms with Gasteiger partial charge in [0.1, 0.15) is 0 Å². The van der Waals surface area contributed by atoms with Gasteiger partial charge in [0.2, 0.25) is 0 Å². The van der Waals surface area contributed by atoms with Crippen molar-refractivity contribution in [2.45, 2.75) is 33.2 Å². The molecular formula is C13H23NS2. The molecule has 0 radical (unpaired) electrons. The van der Waals surface area contributed by atoms with Crippen molar-refractivity contribution in [1.29, 1.82) is 0 Å². The summed E-state index contributed by atoms with van der Waals surface area (Å²) in [6, 6.07) is 4.83. The maximum Gasteiger partial charge on any atom is 0.0386 e. The van der Waals surface area contributed by atoms with Crippen LogP contribution in [0.3, 0.4) is 0 Å². The summed E-state index contributed by atoms with van der Waals surface area (Å²) in [5.41, 5.74) is 0. The molecule has 1 N–H and O–H groups in total. The number of nitrogens with one attached hydrogen (secondary N) is 1. The molecule has 0 aliphatic rings. The van der Waals surface area contributed by atoms with Gasteiger partial charge in [-0.2, -0.15) is 11.8 Å². The fraction of sp³-hybridized carbons (Fsp3) is 0.692. The number of hydrogen-bond acceptors (Lipinski definition) is 3. The minimum atomic E-state index is 0.504. The molecule has 0 aliphatic heterocycles. The number of hydrogen-bond donors (Lipinski definition) is 1. The average Bonchev–Trinajstić information content (AvgIpc) is 2.81. The van der Waals surface area contributed by atoms with E-state index in [1.54, 1.807) is 0 Å². The van der Waals surface area contributed by atoms with Gasteiger partial charge >= 0.3 is 0 Å². The van der Waals surface area contributed by atoms with Crippen LogP contribution in [0.2, 0.25) is 0 Å². The highest BCUT2D eigenvalue weighted by Crippen LogP contribution is 2.18. The molecule has 16 heavy (non-hydrogen) atoms. The molecule has 0 aromatic carbocycles. The second-order valence-electron chi connectivity index (χ2n) is 4.28. The van der Waals surface area contributed by atoms with Crippen LogP contribution in [0.1, 0.15) is 38.1 Å². The molecule has 1 rings (SSSR count). The van der Waals surface area contributed by atoms with Crippen LogP contribution in [0.25, 0.3) is 0 Å². The Bertz CT molecular complexity index is 259. The summed E-state index contributed by atoms with van der Waals surface area (Å²) in [6.07, 6.45) is 1.30. The minimum absolute atomic E-state index is 0.504. The van der Waals surface area contributed by atoms with Gasteiger partial charge in [0.05, 0.1) is 0 Å². The maximum atomic E-state index is 3.57. The van der Waals surface area contributed by atoms with Crippen LogP contribution < -0.4 is 5.32 Å². The first kappa shape index (κ1) is 14.1. The zero-order valence-electron chi connectivity index (χ0n) is 10.5. The Labute approximate surface area is 108 Å². The van der Waals surface area contributed by atoms with E-state index in [4.69, 9.17) is 0 Å². The molecule has 2 atom stereocenters. The highest BCUT2D eigenvalue weighted by Gasteiger charge is 2.04. The fourth-order valence-electron chi connectivity index (χ4n) is 1.39. The van der Waals surface area contributed by atoms with E-state index >= 15 is 0 Å². The van der Waals surface area contributed by atoms with Gasteiger partial charge in [0.25, 0.3) is 0 Å². The summed E-state index contributed by atoms with van der Waals surface area (Å²) in [5.74, 6) is 3.38. The second-order valence-corrected chi connectivity index (χ2v) is 6.41. The van der Waals surface area contributed by atoms with Gasteiger partial charge in [-0.15, -0.1) is 11.3 Å². The fourth-order valence-corrected chi connectivity index (χ4v) is 3.21. The summed E-state index contributed by atoms with van der Waals surface area (Å²) in [6.45, 7) is 7.95. The first-order valence-electron chi connectivity index (χ1n) is 6.08. The third-order valence-corrected chi connectivity index (χ3v) is 5.12. The highest BCUT2D eigenvalue weighted by atomic mass is 32.2. The van der Waals surface area contributed by atoms with Gasteiger partial charge in [0, 0.05) is 23.2 Å². The molecule has 0 bridgehead atoms. The normalized spacial score (nSPS) is 14.9. The molecule has 1 aromatic heterocycles. The molecule has 0 saturated carbocycles. The Kier molecular flexibility index (Phi) is 7.17. The monoisotopic (exact) mass is 257 g/mol. The van der Waals surface area contributed by atoms with Crippen molar-refractivity contribution < 1.29 is 0 Å². The van der Waals surface area contributed by atoms with E-state index in [1.165, 1.54) is 22.8 Å². The maximum absolute atomic E-state index is 3.57. The lowest BCUT2D eigenvalue weighted by Crippen LogP contribution is -2.20. The SMILES string of the molecule is CCC(C)CSCCNC(C)c1cccs1. The summed E-state index contributed by atoms with van der Waals surface area (Å²) in [4.78, 5) is 1.44. The van der Waals surface area contributed by atoms with Crippen LogP contribution >= 0.6 is 23.1 Å². The van der Waals surface area contributed by atoms with Crippen molar-refractivity contribution in [2.24, 2.45) is 5.92 Å². The van der Waals surface area contributed by atoms with Crippen molar-refractivity contribution >= 4 is 23.1 Å². The lowest BCUT2D eigenvalue weighted by atomic mass is 10.2. The molecule has 2 unspecified atom stereocenters. The predicted molar refractivity (Wildman–Crippen MR) is 77.5 cm³/mol. The number of thioether (sulfide) groups is 1. The molecule has 1 nitrogen and oxygen atoms in total. The Morgan fingerprint density at radius 3 is 2.88 bits per heavy atom. The van der Waals surface area contributed by atoms with Crippen molar-refractivity contribution in [3.8, 4) is 0 Å². The van der Waals surface area contributed by atoms with Crippen molar-refractivity contribution in [3.63, 3.8) is 0 Å². The van der Waals surface area contributed by atoms with Crippen LogP contribution in [-0.2, 0) is 0 Å². The Morgan fingerprint density at radius 2 is 2.25 bits per heavy atom. The van der Waals surface area contributed by atoms with Gasteiger partial charge in [-0.05, 0) is 30.0 Å². The molecule has 0 spiro atoms. The number of rotatable bonds is 8. The van der Waals surface area contributed by atoms with Gasteiger partial charge in [-0.25, -0.2) is 0 Å².